The van der Waals surface area contributed by atoms with E-state index in [2.05, 4.69) is 19.6 Å². The van der Waals surface area contributed by atoms with Gasteiger partial charge >= 0.3 is 19.2 Å². The van der Waals surface area contributed by atoms with Crippen LogP contribution in [0.25, 0.3) is 11.4 Å². The van der Waals surface area contributed by atoms with Crippen molar-refractivity contribution in [1.82, 2.24) is 10.1 Å². The van der Waals surface area contributed by atoms with Gasteiger partial charge < -0.3 is 23.5 Å². The van der Waals surface area contributed by atoms with E-state index in [0.717, 1.165) is 6.07 Å². The van der Waals surface area contributed by atoms with Gasteiger partial charge in [-0.05, 0) is 36.4 Å². The van der Waals surface area contributed by atoms with E-state index < -0.39 is 25.8 Å². The molecule has 1 heterocycles. The lowest BCUT2D eigenvalue weighted by Gasteiger charge is -2.10. The monoisotopic (exact) mass is 442 g/mol. The number of esters is 1. The highest BCUT2D eigenvalue weighted by Crippen LogP contribution is 2.32. The number of rotatable bonds is 9. The zero-order valence-electron chi connectivity index (χ0n) is 15.8. The Balaban J connectivity index is 1.66. The van der Waals surface area contributed by atoms with E-state index in [0.29, 0.717) is 5.56 Å². The fraction of sp³-hybridized carbons (Fsp3) is 0.211. The largest absolute Gasteiger partial charge is 0.493 e. The zero-order valence-corrected chi connectivity index (χ0v) is 15.8. The lowest BCUT2D eigenvalue weighted by atomic mass is 10.2. The second kappa shape index (κ2) is 9.78. The third kappa shape index (κ3) is 5.84. The molecule has 0 aliphatic carbocycles. The summed E-state index contributed by atoms with van der Waals surface area (Å²) in [6.45, 7) is -6.44. The van der Waals surface area contributed by atoms with E-state index in [-0.39, 0.29) is 34.5 Å². The summed E-state index contributed by atoms with van der Waals surface area (Å²) < 4.78 is 73.0. The lowest BCUT2D eigenvalue weighted by molar-refractivity contribution is -0.0514. The molecule has 8 nitrogen and oxygen atoms in total. The highest BCUT2D eigenvalue weighted by atomic mass is 19.3. The number of hydrogen-bond donors (Lipinski definition) is 0. The number of nitrogens with zero attached hydrogens (tertiary/aromatic N) is 2. The number of carbonyl (C=O) groups excluding carboxylic acids is 1. The summed E-state index contributed by atoms with van der Waals surface area (Å²) in [5.74, 6) is -1.14. The predicted octanol–water partition coefficient (Wildman–Crippen LogP) is 4.31. The molecular weight excluding hydrogens is 428 g/mol. The van der Waals surface area contributed by atoms with Gasteiger partial charge in [-0.3, -0.25) is 0 Å². The number of ether oxygens (including phenoxy) is 4. The molecule has 0 saturated heterocycles. The van der Waals surface area contributed by atoms with Crippen LogP contribution in [-0.2, 0) is 11.3 Å². The van der Waals surface area contributed by atoms with Gasteiger partial charge in [-0.2, -0.15) is 22.5 Å². The van der Waals surface area contributed by atoms with Crippen LogP contribution in [-0.4, -0.2) is 36.4 Å². The van der Waals surface area contributed by atoms with Gasteiger partial charge in [0.05, 0.1) is 12.7 Å². The molecule has 0 aliphatic rings. The summed E-state index contributed by atoms with van der Waals surface area (Å²) in [6, 6.07) is 9.11. The predicted molar refractivity (Wildman–Crippen MR) is 95.1 cm³/mol. The molecule has 0 amide bonds. The van der Waals surface area contributed by atoms with E-state index in [4.69, 9.17) is 14.0 Å². The van der Waals surface area contributed by atoms with Crippen LogP contribution in [0.1, 0.15) is 16.2 Å². The molecule has 0 fully saturated rings. The minimum Gasteiger partial charge on any atom is -0.493 e. The van der Waals surface area contributed by atoms with Crippen molar-refractivity contribution in [2.45, 2.75) is 19.8 Å². The summed E-state index contributed by atoms with van der Waals surface area (Å²) in [6.07, 6.45) is 0. The SMILES string of the molecule is COc1cc(-c2noc(COC(=O)c3cccc(OC(F)F)c3)n2)ccc1OC(F)F. The Kier molecular flexibility index (Phi) is 6.90. The van der Waals surface area contributed by atoms with Crippen LogP contribution in [0.5, 0.6) is 17.2 Å². The summed E-state index contributed by atoms with van der Waals surface area (Å²) in [5.41, 5.74) is 0.355. The molecule has 3 aromatic rings. The molecular formula is C19H14F4N2O6. The number of benzene rings is 2. The molecule has 0 atom stereocenters. The van der Waals surface area contributed by atoms with E-state index in [1.807, 2.05) is 0 Å². The van der Waals surface area contributed by atoms with E-state index in [1.54, 1.807) is 0 Å². The van der Waals surface area contributed by atoms with E-state index >= 15 is 0 Å². The maximum absolute atomic E-state index is 12.4. The first-order valence-electron chi connectivity index (χ1n) is 8.53. The molecule has 0 radical (unpaired) electrons. The van der Waals surface area contributed by atoms with Crippen molar-refractivity contribution in [3.8, 4) is 28.6 Å². The van der Waals surface area contributed by atoms with Crippen molar-refractivity contribution in [2.24, 2.45) is 0 Å². The minimum absolute atomic E-state index is 0.0164. The van der Waals surface area contributed by atoms with E-state index in [1.165, 1.54) is 43.5 Å². The molecule has 2 aromatic carbocycles. The van der Waals surface area contributed by atoms with Crippen molar-refractivity contribution in [1.29, 1.82) is 0 Å². The number of halogens is 4. The second-order valence-corrected chi connectivity index (χ2v) is 5.74. The first-order chi connectivity index (χ1) is 14.9. The van der Waals surface area contributed by atoms with Crippen LogP contribution < -0.4 is 14.2 Å². The summed E-state index contributed by atoms with van der Waals surface area (Å²) in [4.78, 5) is 16.1. The summed E-state index contributed by atoms with van der Waals surface area (Å²) >= 11 is 0. The van der Waals surface area contributed by atoms with Crippen LogP contribution >= 0.6 is 0 Å². The van der Waals surface area contributed by atoms with Crippen molar-refractivity contribution < 1.29 is 45.8 Å². The average molecular weight is 442 g/mol. The van der Waals surface area contributed by atoms with Gasteiger partial charge in [0, 0.05) is 5.56 Å². The molecule has 1 aromatic heterocycles. The molecule has 31 heavy (non-hydrogen) atoms. The van der Waals surface area contributed by atoms with Crippen molar-refractivity contribution in [3.63, 3.8) is 0 Å². The third-order valence-corrected chi connectivity index (χ3v) is 3.73. The third-order valence-electron chi connectivity index (χ3n) is 3.73. The Morgan fingerprint density at radius 1 is 1.03 bits per heavy atom. The lowest BCUT2D eigenvalue weighted by Crippen LogP contribution is -2.07. The van der Waals surface area contributed by atoms with Crippen molar-refractivity contribution in [2.75, 3.05) is 7.11 Å². The highest BCUT2D eigenvalue weighted by Gasteiger charge is 2.16. The fourth-order valence-corrected chi connectivity index (χ4v) is 2.44. The number of hydrogen-bond acceptors (Lipinski definition) is 8. The first kappa shape index (κ1) is 21.9. The van der Waals surface area contributed by atoms with Crippen molar-refractivity contribution in [3.05, 3.63) is 53.9 Å². The molecule has 0 aliphatic heterocycles. The first-order valence-corrected chi connectivity index (χ1v) is 8.53. The topological polar surface area (TPSA) is 92.9 Å². The molecule has 0 unspecified atom stereocenters. The smallest absolute Gasteiger partial charge is 0.387 e. The van der Waals surface area contributed by atoms with Gasteiger partial charge in [0.15, 0.2) is 18.1 Å². The summed E-state index contributed by atoms with van der Waals surface area (Å²) in [7, 11) is 1.28. The van der Waals surface area contributed by atoms with Crippen LogP contribution in [0.3, 0.4) is 0 Å². The number of carbonyl (C=O) groups is 1. The van der Waals surface area contributed by atoms with Gasteiger partial charge in [-0.25, -0.2) is 4.79 Å². The van der Waals surface area contributed by atoms with Crippen molar-refractivity contribution >= 4 is 5.97 Å². The van der Waals surface area contributed by atoms with Gasteiger partial charge in [0.1, 0.15) is 5.75 Å². The van der Waals surface area contributed by atoms with Crippen LogP contribution in [0.15, 0.2) is 47.0 Å². The number of methoxy groups -OCH3 is 1. The molecule has 0 saturated carbocycles. The molecule has 12 heteroatoms. The number of alkyl halides is 4. The summed E-state index contributed by atoms with van der Waals surface area (Å²) in [5, 5.41) is 3.72. The van der Waals surface area contributed by atoms with Gasteiger partial charge in [-0.1, -0.05) is 11.2 Å². The fourth-order valence-electron chi connectivity index (χ4n) is 2.44. The normalized spacial score (nSPS) is 10.9. The molecule has 0 spiro atoms. The van der Waals surface area contributed by atoms with Crippen LogP contribution in [0.2, 0.25) is 0 Å². The Bertz CT molecular complexity index is 1040. The van der Waals surface area contributed by atoms with Crippen LogP contribution in [0.4, 0.5) is 17.6 Å². The maximum atomic E-state index is 12.4. The van der Waals surface area contributed by atoms with E-state index in [9.17, 15) is 22.4 Å². The molecule has 3 rings (SSSR count). The Labute approximate surface area is 172 Å². The number of aromatic nitrogens is 2. The molecule has 0 bridgehead atoms. The Hall–Kier alpha value is -3.83. The van der Waals surface area contributed by atoms with Gasteiger partial charge in [0.25, 0.3) is 5.89 Å². The van der Waals surface area contributed by atoms with Gasteiger partial charge in [0.2, 0.25) is 5.82 Å². The average Bonchev–Trinajstić information content (AvgIpc) is 3.20. The molecule has 0 N–H and O–H groups in total. The highest BCUT2D eigenvalue weighted by molar-refractivity contribution is 5.89. The quantitative estimate of drug-likeness (QED) is 0.358. The zero-order chi connectivity index (χ0) is 22.4. The molecule has 164 valence electrons. The van der Waals surface area contributed by atoms with Gasteiger partial charge in [-0.15, -0.1) is 0 Å². The minimum atomic E-state index is -3.03. The second-order valence-electron chi connectivity index (χ2n) is 5.74. The standard InChI is InChI=1S/C19H14F4N2O6/c1-27-14-8-10(5-6-13(14)30-19(22)23)16-24-15(31-25-16)9-28-17(26)11-3-2-4-12(7-11)29-18(20)21/h2-8,18-19H,9H2,1H3. The Morgan fingerprint density at radius 2 is 1.81 bits per heavy atom. The maximum Gasteiger partial charge on any atom is 0.387 e. The Morgan fingerprint density at radius 3 is 2.52 bits per heavy atom. The van der Waals surface area contributed by atoms with Crippen LogP contribution in [0, 0.1) is 0 Å².